The van der Waals surface area contributed by atoms with Crippen molar-refractivity contribution < 1.29 is 42.6 Å². The number of Topliss-reactive ketones (excluding diaryl/α,β-unsaturated/α-hetero) is 2. The van der Waals surface area contributed by atoms with Crippen LogP contribution in [0.5, 0.6) is 11.5 Å². The number of aromatic nitrogens is 1. The highest BCUT2D eigenvalue weighted by Gasteiger charge is 2.15. The fraction of sp³-hybridized carbons (Fsp3) is 0.262. The molecule has 270 valence electrons. The molecule has 0 bridgehead atoms. The van der Waals surface area contributed by atoms with E-state index in [4.69, 9.17) is 18.7 Å². The van der Waals surface area contributed by atoms with Crippen LogP contribution in [0.3, 0.4) is 0 Å². The van der Waals surface area contributed by atoms with Gasteiger partial charge in [0.25, 0.3) is 0 Å². The Kier molecular flexibility index (Phi) is 14.9. The summed E-state index contributed by atoms with van der Waals surface area (Å²) in [5.41, 5.74) is 4.20. The zero-order chi connectivity index (χ0) is 37.3. The molecule has 0 saturated heterocycles. The molecule has 1 heterocycles. The van der Waals surface area contributed by atoms with Gasteiger partial charge in [0.1, 0.15) is 17.2 Å². The number of carbonyl (C=O) groups excluding carboxylic acids is 4. The first-order valence-electron chi connectivity index (χ1n) is 17.1. The molecule has 0 aliphatic carbocycles. The maximum Gasteiger partial charge on any atom is 0.337 e. The van der Waals surface area contributed by atoms with E-state index in [1.165, 1.54) is 38.5 Å². The van der Waals surface area contributed by atoms with Crippen molar-refractivity contribution in [2.24, 2.45) is 0 Å². The summed E-state index contributed by atoms with van der Waals surface area (Å²) in [5.74, 6) is 0.846. The Hall–Kier alpha value is -6.03. The fourth-order valence-electron chi connectivity index (χ4n) is 4.82. The molecule has 0 atom stereocenters. The number of nitrogens with zero attached hydrogens (tertiary/aromatic N) is 1. The van der Waals surface area contributed by atoms with Crippen molar-refractivity contribution in [2.75, 3.05) is 27.4 Å². The zero-order valence-corrected chi connectivity index (χ0v) is 29.9. The number of ketones is 2. The van der Waals surface area contributed by atoms with Crippen LogP contribution in [-0.4, -0.2) is 56.1 Å². The summed E-state index contributed by atoms with van der Waals surface area (Å²) < 4.78 is 26.0. The predicted molar refractivity (Wildman–Crippen MR) is 197 cm³/mol. The first-order valence-corrected chi connectivity index (χ1v) is 17.1. The van der Waals surface area contributed by atoms with Gasteiger partial charge in [-0.05, 0) is 85.6 Å². The molecule has 0 fully saturated rings. The van der Waals surface area contributed by atoms with Crippen molar-refractivity contribution >= 4 is 23.5 Å². The second-order valence-corrected chi connectivity index (χ2v) is 11.7. The highest BCUT2D eigenvalue weighted by Crippen LogP contribution is 2.28. The third kappa shape index (κ3) is 11.2. The third-order valence-electron chi connectivity index (χ3n) is 7.91. The van der Waals surface area contributed by atoms with Crippen LogP contribution in [0.2, 0.25) is 0 Å². The van der Waals surface area contributed by atoms with Gasteiger partial charge in [-0.3, -0.25) is 9.59 Å². The Morgan fingerprint density at radius 1 is 0.558 bits per heavy atom. The molecule has 0 N–H and O–H groups in total. The molecule has 0 saturated carbocycles. The van der Waals surface area contributed by atoms with E-state index in [0.29, 0.717) is 46.1 Å². The van der Waals surface area contributed by atoms with Crippen LogP contribution < -0.4 is 9.47 Å². The van der Waals surface area contributed by atoms with Gasteiger partial charge in [0.05, 0.1) is 45.0 Å². The topological polar surface area (TPSA) is 131 Å². The Morgan fingerprint density at radius 3 is 1.42 bits per heavy atom. The second-order valence-electron chi connectivity index (χ2n) is 11.7. The smallest absolute Gasteiger partial charge is 0.337 e. The van der Waals surface area contributed by atoms with Crippen LogP contribution in [-0.2, 0) is 9.47 Å². The number of ether oxygens (including phenoxy) is 4. The Labute approximate surface area is 303 Å². The van der Waals surface area contributed by atoms with Gasteiger partial charge >= 0.3 is 11.9 Å². The fourth-order valence-corrected chi connectivity index (χ4v) is 4.82. The van der Waals surface area contributed by atoms with Crippen LogP contribution >= 0.6 is 0 Å². The number of esters is 2. The number of methoxy groups -OCH3 is 2. The molecule has 0 spiro atoms. The number of carbonyl (C=O) groups is 4. The van der Waals surface area contributed by atoms with E-state index in [9.17, 15) is 19.2 Å². The highest BCUT2D eigenvalue weighted by atomic mass is 16.5. The van der Waals surface area contributed by atoms with E-state index < -0.39 is 5.97 Å². The minimum Gasteiger partial charge on any atom is -0.494 e. The molecule has 0 unspecified atom stereocenters. The summed E-state index contributed by atoms with van der Waals surface area (Å²) >= 11 is 0. The van der Waals surface area contributed by atoms with Crippen LogP contribution in [0.4, 0.5) is 0 Å². The molecule has 5 rings (SSSR count). The largest absolute Gasteiger partial charge is 0.494 e. The lowest BCUT2D eigenvalue weighted by Crippen LogP contribution is -2.09. The van der Waals surface area contributed by atoms with Gasteiger partial charge in [-0.15, -0.1) is 0 Å². The van der Waals surface area contributed by atoms with E-state index >= 15 is 0 Å². The van der Waals surface area contributed by atoms with Gasteiger partial charge in [-0.1, -0.05) is 56.1 Å². The van der Waals surface area contributed by atoms with E-state index in [-0.39, 0.29) is 24.0 Å². The van der Waals surface area contributed by atoms with Crippen LogP contribution in [0.25, 0.3) is 22.6 Å². The quantitative estimate of drug-likeness (QED) is 0.0424. The zero-order valence-electron chi connectivity index (χ0n) is 29.9. The lowest BCUT2D eigenvalue weighted by Gasteiger charge is -2.06. The molecular weight excluding hydrogens is 662 g/mol. The van der Waals surface area contributed by atoms with E-state index in [1.807, 2.05) is 42.5 Å². The number of hydrogen-bond acceptors (Lipinski definition) is 10. The maximum atomic E-state index is 12.3. The second kappa shape index (κ2) is 20.0. The number of benzene rings is 4. The maximum absolute atomic E-state index is 12.3. The highest BCUT2D eigenvalue weighted by molar-refractivity contribution is 6.13. The number of rotatable bonds is 16. The van der Waals surface area contributed by atoms with Crippen molar-refractivity contribution in [3.63, 3.8) is 0 Å². The monoisotopic (exact) mass is 705 g/mol. The first kappa shape index (κ1) is 38.8. The van der Waals surface area contributed by atoms with Gasteiger partial charge in [0.15, 0.2) is 17.3 Å². The Morgan fingerprint density at radius 2 is 0.962 bits per heavy atom. The van der Waals surface area contributed by atoms with Gasteiger partial charge in [0.2, 0.25) is 0 Å². The van der Waals surface area contributed by atoms with Crippen LogP contribution in [0.15, 0.2) is 108 Å². The summed E-state index contributed by atoms with van der Waals surface area (Å²) in [6, 6.07) is 29.5. The van der Waals surface area contributed by atoms with Crippen molar-refractivity contribution in [1.29, 1.82) is 0 Å². The molecule has 0 aliphatic rings. The number of unbranched alkanes of at least 4 members (excludes halogenated alkanes) is 2. The van der Waals surface area contributed by atoms with Crippen molar-refractivity contribution in [1.82, 2.24) is 5.16 Å². The molecule has 0 radical (unpaired) electrons. The van der Waals surface area contributed by atoms with Gasteiger partial charge in [-0.2, -0.15) is 0 Å². The third-order valence-corrected chi connectivity index (χ3v) is 7.91. The Bertz CT molecular complexity index is 1890. The molecule has 52 heavy (non-hydrogen) atoms. The first-order chi connectivity index (χ1) is 25.3. The lowest BCUT2D eigenvalue weighted by molar-refractivity contribution is 0.0592. The van der Waals surface area contributed by atoms with Crippen LogP contribution in [0, 0.1) is 0 Å². The average molecular weight is 706 g/mol. The SMILES string of the molecule is CCCCOc1ccc(-c2cc(-c3ccc(C(=O)OC)cc3)no2)cc1.CCCCOc1ccc(C(=O)CC(=O)c2ccc(C(=O)OC)cc2)cc1. The van der Waals surface area contributed by atoms with Gasteiger partial charge < -0.3 is 23.5 Å². The summed E-state index contributed by atoms with van der Waals surface area (Å²) in [5, 5.41) is 4.12. The van der Waals surface area contributed by atoms with E-state index in [0.717, 1.165) is 49.2 Å². The standard InChI is InChI=1S/C21H21NO4.C21H22O5/c1-3-4-13-25-18-11-9-16(10-12-18)20-14-19(22-26-20)15-5-7-17(8-6-15)21(23)24-2;1-3-4-13-26-18-11-9-16(10-12-18)20(23)14-19(22)15-5-7-17(8-6-15)21(24)25-2/h5-12,14H,3-4,13H2,1-2H3;5-12H,3-4,13-14H2,1-2H3. The number of hydrogen-bond donors (Lipinski definition) is 0. The van der Waals surface area contributed by atoms with E-state index in [2.05, 4.69) is 23.7 Å². The summed E-state index contributed by atoms with van der Waals surface area (Å²) in [6.07, 6.45) is 3.96. The summed E-state index contributed by atoms with van der Waals surface area (Å²) in [4.78, 5) is 47.4. The molecule has 5 aromatic rings. The molecule has 0 aliphatic heterocycles. The minimum atomic E-state index is -0.471. The Balaban J connectivity index is 0.000000233. The predicted octanol–water partition coefficient (Wildman–Crippen LogP) is 9.08. The van der Waals surface area contributed by atoms with Crippen molar-refractivity contribution in [2.45, 2.75) is 46.0 Å². The molecule has 10 heteroatoms. The molecule has 0 amide bonds. The van der Waals surface area contributed by atoms with Gasteiger partial charge in [0, 0.05) is 28.3 Å². The molecule has 4 aromatic carbocycles. The minimum absolute atomic E-state index is 0.229. The van der Waals surface area contributed by atoms with Gasteiger partial charge in [-0.25, -0.2) is 9.59 Å². The van der Waals surface area contributed by atoms with E-state index in [1.54, 1.807) is 36.4 Å². The normalized spacial score (nSPS) is 10.4. The molecular formula is C42H43NO9. The molecule has 1 aromatic heterocycles. The summed E-state index contributed by atoms with van der Waals surface area (Å²) in [6.45, 7) is 5.59. The molecule has 10 nitrogen and oxygen atoms in total. The van der Waals surface area contributed by atoms with Crippen LogP contribution in [0.1, 0.15) is 87.4 Å². The van der Waals surface area contributed by atoms with Crippen molar-refractivity contribution in [3.8, 4) is 34.1 Å². The lowest BCUT2D eigenvalue weighted by atomic mass is 10.0. The average Bonchev–Trinajstić information content (AvgIpc) is 3.69. The van der Waals surface area contributed by atoms with Crippen molar-refractivity contribution in [3.05, 3.63) is 125 Å². The summed E-state index contributed by atoms with van der Waals surface area (Å²) in [7, 11) is 2.65.